The lowest BCUT2D eigenvalue weighted by molar-refractivity contribution is -0.0370. The number of rotatable bonds is 4. The Kier molecular flexibility index (Phi) is 2.63. The van der Waals surface area contributed by atoms with Gasteiger partial charge in [0.15, 0.2) is 0 Å². The Morgan fingerprint density at radius 3 is 2.86 bits per heavy atom. The van der Waals surface area contributed by atoms with Gasteiger partial charge in [-0.25, -0.2) is 4.98 Å². The van der Waals surface area contributed by atoms with Crippen molar-refractivity contribution in [1.82, 2.24) is 9.97 Å². The highest BCUT2D eigenvalue weighted by Gasteiger charge is 2.33. The molecule has 4 heteroatoms. The van der Waals surface area contributed by atoms with E-state index in [4.69, 9.17) is 0 Å². The van der Waals surface area contributed by atoms with Crippen molar-refractivity contribution in [3.63, 3.8) is 0 Å². The molecule has 1 aliphatic carbocycles. The molecular formula is C10H15N3O. The zero-order chi connectivity index (χ0) is 9.86. The molecule has 0 amide bonds. The van der Waals surface area contributed by atoms with Crippen LogP contribution in [0, 0.1) is 0 Å². The Labute approximate surface area is 83.4 Å². The molecule has 1 fully saturated rings. The fraction of sp³-hybridized carbons (Fsp3) is 0.600. The van der Waals surface area contributed by atoms with Gasteiger partial charge in [-0.1, -0.05) is 0 Å². The van der Waals surface area contributed by atoms with Crippen molar-refractivity contribution in [2.45, 2.75) is 31.3 Å². The minimum Gasteiger partial charge on any atom is -0.390 e. The normalized spacial score (nSPS) is 18.6. The van der Waals surface area contributed by atoms with Crippen LogP contribution in [0.25, 0.3) is 0 Å². The van der Waals surface area contributed by atoms with Crippen LogP contribution in [-0.2, 0) is 0 Å². The number of hydrogen-bond donors (Lipinski definition) is 2. The second-order valence-electron chi connectivity index (χ2n) is 3.85. The molecule has 1 heterocycles. The first-order valence-corrected chi connectivity index (χ1v) is 5.01. The molecule has 0 aromatic carbocycles. The van der Waals surface area contributed by atoms with E-state index in [1.54, 1.807) is 18.6 Å². The van der Waals surface area contributed by atoms with Crippen LogP contribution in [0.3, 0.4) is 0 Å². The van der Waals surface area contributed by atoms with Crippen molar-refractivity contribution in [3.8, 4) is 0 Å². The van der Waals surface area contributed by atoms with E-state index in [1.807, 2.05) is 0 Å². The van der Waals surface area contributed by atoms with Gasteiger partial charge in [-0.15, -0.1) is 0 Å². The summed E-state index contributed by atoms with van der Waals surface area (Å²) < 4.78 is 0. The van der Waals surface area contributed by atoms with Gasteiger partial charge in [-0.3, -0.25) is 4.98 Å². The molecular weight excluding hydrogens is 178 g/mol. The third-order valence-corrected chi connectivity index (χ3v) is 2.74. The number of nitrogens with one attached hydrogen (secondary N) is 1. The Balaban J connectivity index is 1.73. The predicted octanol–water partition coefficient (Wildman–Crippen LogP) is 1.19. The monoisotopic (exact) mass is 193 g/mol. The van der Waals surface area contributed by atoms with E-state index in [0.717, 1.165) is 38.0 Å². The maximum Gasteiger partial charge on any atom is 0.144 e. The van der Waals surface area contributed by atoms with Gasteiger partial charge in [0.1, 0.15) is 5.82 Å². The van der Waals surface area contributed by atoms with Crippen LogP contribution in [0.5, 0.6) is 0 Å². The second-order valence-corrected chi connectivity index (χ2v) is 3.85. The van der Waals surface area contributed by atoms with E-state index in [-0.39, 0.29) is 0 Å². The first kappa shape index (κ1) is 9.40. The smallest absolute Gasteiger partial charge is 0.144 e. The van der Waals surface area contributed by atoms with Crippen LogP contribution in [0.4, 0.5) is 5.82 Å². The van der Waals surface area contributed by atoms with E-state index in [1.165, 1.54) is 0 Å². The summed E-state index contributed by atoms with van der Waals surface area (Å²) in [5, 5.41) is 12.9. The summed E-state index contributed by atoms with van der Waals surface area (Å²) in [5.74, 6) is 0.774. The third-order valence-electron chi connectivity index (χ3n) is 2.74. The summed E-state index contributed by atoms with van der Waals surface area (Å²) in [4.78, 5) is 8.03. The molecule has 0 radical (unpaired) electrons. The summed E-state index contributed by atoms with van der Waals surface area (Å²) in [5.41, 5.74) is -0.408. The standard InChI is InChI=1S/C10H15N3O/c14-10(2-1-3-10)4-5-12-9-8-11-6-7-13-9/h6-8,14H,1-5H2,(H,12,13). The highest BCUT2D eigenvalue weighted by atomic mass is 16.3. The summed E-state index contributed by atoms with van der Waals surface area (Å²) >= 11 is 0. The minimum absolute atomic E-state index is 0.408. The van der Waals surface area contributed by atoms with Crippen LogP contribution in [0.2, 0.25) is 0 Å². The van der Waals surface area contributed by atoms with Crippen LogP contribution in [0.15, 0.2) is 18.6 Å². The lowest BCUT2D eigenvalue weighted by atomic mass is 9.78. The van der Waals surface area contributed by atoms with Crippen molar-refractivity contribution in [3.05, 3.63) is 18.6 Å². The van der Waals surface area contributed by atoms with Crippen molar-refractivity contribution in [2.24, 2.45) is 0 Å². The molecule has 0 atom stereocenters. The Bertz CT molecular complexity index is 285. The molecule has 0 spiro atoms. The number of anilines is 1. The molecule has 0 unspecified atom stereocenters. The molecule has 76 valence electrons. The number of hydrogen-bond acceptors (Lipinski definition) is 4. The largest absolute Gasteiger partial charge is 0.390 e. The molecule has 1 saturated carbocycles. The summed E-state index contributed by atoms with van der Waals surface area (Å²) in [7, 11) is 0. The highest BCUT2D eigenvalue weighted by molar-refractivity contribution is 5.29. The van der Waals surface area contributed by atoms with Gasteiger partial charge in [-0.05, 0) is 25.7 Å². The van der Waals surface area contributed by atoms with Gasteiger partial charge < -0.3 is 10.4 Å². The Morgan fingerprint density at radius 1 is 1.43 bits per heavy atom. The zero-order valence-electron chi connectivity index (χ0n) is 8.11. The zero-order valence-corrected chi connectivity index (χ0v) is 8.11. The molecule has 4 nitrogen and oxygen atoms in total. The Hall–Kier alpha value is -1.16. The van der Waals surface area contributed by atoms with Gasteiger partial charge >= 0.3 is 0 Å². The van der Waals surface area contributed by atoms with E-state index in [9.17, 15) is 5.11 Å². The fourth-order valence-corrected chi connectivity index (χ4v) is 1.65. The van der Waals surface area contributed by atoms with Crippen molar-refractivity contribution in [2.75, 3.05) is 11.9 Å². The fourth-order valence-electron chi connectivity index (χ4n) is 1.65. The number of nitrogens with zero attached hydrogens (tertiary/aromatic N) is 2. The molecule has 1 aromatic rings. The SMILES string of the molecule is OC1(CCNc2cnccn2)CCC1. The molecule has 1 aromatic heterocycles. The van der Waals surface area contributed by atoms with Gasteiger partial charge in [0, 0.05) is 18.9 Å². The minimum atomic E-state index is -0.408. The van der Waals surface area contributed by atoms with Crippen LogP contribution >= 0.6 is 0 Å². The van der Waals surface area contributed by atoms with Crippen molar-refractivity contribution >= 4 is 5.82 Å². The summed E-state index contributed by atoms with van der Waals surface area (Å²) in [6.07, 6.45) is 8.81. The van der Waals surface area contributed by atoms with E-state index < -0.39 is 5.60 Å². The summed E-state index contributed by atoms with van der Waals surface area (Å²) in [6, 6.07) is 0. The molecule has 2 rings (SSSR count). The Morgan fingerprint density at radius 2 is 2.29 bits per heavy atom. The topological polar surface area (TPSA) is 58.0 Å². The predicted molar refractivity (Wildman–Crippen MR) is 53.9 cm³/mol. The molecule has 14 heavy (non-hydrogen) atoms. The van der Waals surface area contributed by atoms with Gasteiger partial charge in [0.05, 0.1) is 11.8 Å². The lowest BCUT2D eigenvalue weighted by Crippen LogP contribution is -2.38. The lowest BCUT2D eigenvalue weighted by Gasteiger charge is -2.36. The molecule has 0 bridgehead atoms. The van der Waals surface area contributed by atoms with E-state index in [0.29, 0.717) is 0 Å². The highest BCUT2D eigenvalue weighted by Crippen LogP contribution is 2.34. The van der Waals surface area contributed by atoms with E-state index in [2.05, 4.69) is 15.3 Å². The van der Waals surface area contributed by atoms with E-state index >= 15 is 0 Å². The molecule has 2 N–H and O–H groups in total. The quantitative estimate of drug-likeness (QED) is 0.754. The molecule has 0 aliphatic heterocycles. The van der Waals surface area contributed by atoms with Gasteiger partial charge in [0.2, 0.25) is 0 Å². The summed E-state index contributed by atoms with van der Waals surface area (Å²) in [6.45, 7) is 0.759. The third kappa shape index (κ3) is 2.20. The van der Waals surface area contributed by atoms with Gasteiger partial charge in [0.25, 0.3) is 0 Å². The van der Waals surface area contributed by atoms with Crippen molar-refractivity contribution in [1.29, 1.82) is 0 Å². The van der Waals surface area contributed by atoms with Gasteiger partial charge in [-0.2, -0.15) is 0 Å². The van der Waals surface area contributed by atoms with Crippen LogP contribution in [0.1, 0.15) is 25.7 Å². The van der Waals surface area contributed by atoms with Crippen LogP contribution < -0.4 is 5.32 Å². The average Bonchev–Trinajstić information content (AvgIpc) is 2.17. The maximum atomic E-state index is 9.81. The first-order chi connectivity index (χ1) is 6.79. The molecule has 0 saturated heterocycles. The molecule has 1 aliphatic rings. The van der Waals surface area contributed by atoms with Crippen molar-refractivity contribution < 1.29 is 5.11 Å². The number of aromatic nitrogens is 2. The van der Waals surface area contributed by atoms with Crippen LogP contribution in [-0.4, -0.2) is 27.2 Å². The maximum absolute atomic E-state index is 9.81. The average molecular weight is 193 g/mol. The second kappa shape index (κ2) is 3.92. The first-order valence-electron chi connectivity index (χ1n) is 5.01. The number of aliphatic hydroxyl groups is 1.